The van der Waals surface area contributed by atoms with Crippen molar-refractivity contribution < 1.29 is 9.13 Å². The lowest BCUT2D eigenvalue weighted by Gasteiger charge is -2.36. The molecule has 3 heterocycles. The Kier molecular flexibility index (Phi) is 4.33. The minimum atomic E-state index is -0.236. The second-order valence-electron chi connectivity index (χ2n) is 6.40. The number of hydrogen-bond acceptors (Lipinski definition) is 4. The van der Waals surface area contributed by atoms with Gasteiger partial charge in [0.05, 0.1) is 0 Å². The Bertz CT molecular complexity index is 648. The van der Waals surface area contributed by atoms with Gasteiger partial charge in [0.1, 0.15) is 17.7 Å². The second kappa shape index (κ2) is 6.59. The molecule has 1 aromatic carbocycles. The van der Waals surface area contributed by atoms with E-state index in [1.54, 1.807) is 6.07 Å². The number of fused-ring (bicyclic) bond motifs is 1. The van der Waals surface area contributed by atoms with E-state index in [1.165, 1.54) is 17.0 Å². The molecule has 0 amide bonds. The van der Waals surface area contributed by atoms with Crippen molar-refractivity contribution in [3.63, 3.8) is 0 Å². The van der Waals surface area contributed by atoms with Crippen molar-refractivity contribution in [2.24, 2.45) is 0 Å². The lowest BCUT2D eigenvalue weighted by Crippen LogP contribution is -2.49. The molecule has 0 aliphatic carbocycles. The summed E-state index contributed by atoms with van der Waals surface area (Å²) in [6, 6.07) is 11.4. The topological polar surface area (TPSA) is 15.7 Å². The first-order valence-corrected chi connectivity index (χ1v) is 9.05. The lowest BCUT2D eigenvalue weighted by atomic mass is 10.1. The standard InChI is InChI=1S/C18H21FN2OS/c19-14-3-1-4-16(9-14)22-17-10-15-11-20(6-7-21(15)12-17)13-18-5-2-8-23-18/h1-5,8-9,15,17H,6-7,10-13H2/t15-,17+/m1/s1. The number of rotatable bonds is 4. The van der Waals surface area contributed by atoms with Gasteiger partial charge >= 0.3 is 0 Å². The van der Waals surface area contributed by atoms with Crippen molar-refractivity contribution in [2.75, 3.05) is 26.2 Å². The van der Waals surface area contributed by atoms with Crippen LogP contribution in [-0.4, -0.2) is 48.1 Å². The van der Waals surface area contributed by atoms with Gasteiger partial charge in [-0.25, -0.2) is 4.39 Å². The molecule has 3 nitrogen and oxygen atoms in total. The minimum absolute atomic E-state index is 0.170. The zero-order valence-corrected chi connectivity index (χ0v) is 13.8. The van der Waals surface area contributed by atoms with Crippen LogP contribution < -0.4 is 4.74 Å². The number of hydrogen-bond donors (Lipinski definition) is 0. The molecule has 1 aromatic heterocycles. The van der Waals surface area contributed by atoms with Gasteiger partial charge in [0.15, 0.2) is 0 Å². The van der Waals surface area contributed by atoms with Gasteiger partial charge in [0.25, 0.3) is 0 Å². The van der Waals surface area contributed by atoms with Crippen LogP contribution in [0.2, 0.25) is 0 Å². The molecule has 2 atom stereocenters. The van der Waals surface area contributed by atoms with Crippen LogP contribution in [0.15, 0.2) is 41.8 Å². The molecule has 0 bridgehead atoms. The van der Waals surface area contributed by atoms with E-state index in [2.05, 4.69) is 27.3 Å². The van der Waals surface area contributed by atoms with Gasteiger partial charge in [0.2, 0.25) is 0 Å². The smallest absolute Gasteiger partial charge is 0.126 e. The molecule has 5 heteroatoms. The van der Waals surface area contributed by atoms with Gasteiger partial charge in [-0.3, -0.25) is 9.80 Å². The third kappa shape index (κ3) is 3.57. The Hall–Kier alpha value is -1.43. The van der Waals surface area contributed by atoms with Crippen molar-refractivity contribution in [3.05, 3.63) is 52.5 Å². The van der Waals surface area contributed by atoms with Crippen molar-refractivity contribution in [1.29, 1.82) is 0 Å². The molecule has 23 heavy (non-hydrogen) atoms. The molecule has 2 aliphatic rings. The van der Waals surface area contributed by atoms with Crippen LogP contribution in [-0.2, 0) is 6.54 Å². The monoisotopic (exact) mass is 332 g/mol. The Morgan fingerprint density at radius 1 is 1.17 bits per heavy atom. The molecule has 0 radical (unpaired) electrons. The molecule has 0 spiro atoms. The van der Waals surface area contributed by atoms with Crippen molar-refractivity contribution in [1.82, 2.24) is 9.80 Å². The molecule has 2 aromatic rings. The summed E-state index contributed by atoms with van der Waals surface area (Å²) in [6.07, 6.45) is 1.20. The zero-order chi connectivity index (χ0) is 15.6. The van der Waals surface area contributed by atoms with E-state index >= 15 is 0 Å². The maximum Gasteiger partial charge on any atom is 0.126 e. The fourth-order valence-corrected chi connectivity index (χ4v) is 4.39. The largest absolute Gasteiger partial charge is 0.489 e. The van der Waals surface area contributed by atoms with Crippen molar-refractivity contribution in [2.45, 2.75) is 25.1 Å². The van der Waals surface area contributed by atoms with E-state index in [1.807, 2.05) is 17.4 Å². The van der Waals surface area contributed by atoms with Crippen LogP contribution >= 0.6 is 11.3 Å². The molecule has 2 aliphatic heterocycles. The van der Waals surface area contributed by atoms with Crippen molar-refractivity contribution in [3.8, 4) is 5.75 Å². The van der Waals surface area contributed by atoms with E-state index in [9.17, 15) is 4.39 Å². The Morgan fingerprint density at radius 3 is 2.96 bits per heavy atom. The number of piperazine rings is 1. The summed E-state index contributed by atoms with van der Waals surface area (Å²) in [5, 5.41) is 2.14. The Labute approximate surface area is 140 Å². The predicted octanol–water partition coefficient (Wildman–Crippen LogP) is 3.22. The molecule has 4 rings (SSSR count). The molecular formula is C18H21FN2OS. The second-order valence-corrected chi connectivity index (χ2v) is 7.43. The van der Waals surface area contributed by atoms with Gasteiger partial charge in [0, 0.05) is 56.1 Å². The summed E-state index contributed by atoms with van der Waals surface area (Å²) in [5.41, 5.74) is 0. The highest BCUT2D eigenvalue weighted by molar-refractivity contribution is 7.09. The van der Waals surface area contributed by atoms with E-state index in [0.717, 1.165) is 39.1 Å². The van der Waals surface area contributed by atoms with Crippen LogP contribution in [0.1, 0.15) is 11.3 Å². The van der Waals surface area contributed by atoms with Crippen LogP contribution in [0.3, 0.4) is 0 Å². The zero-order valence-electron chi connectivity index (χ0n) is 13.0. The third-order valence-corrected chi connectivity index (χ3v) is 5.58. The summed E-state index contributed by atoms with van der Waals surface area (Å²) in [5.74, 6) is 0.408. The maximum absolute atomic E-state index is 13.3. The van der Waals surface area contributed by atoms with Gasteiger partial charge in [-0.2, -0.15) is 0 Å². The van der Waals surface area contributed by atoms with E-state index < -0.39 is 0 Å². The summed E-state index contributed by atoms with van der Waals surface area (Å²) in [7, 11) is 0. The molecule has 0 N–H and O–H groups in total. The Balaban J connectivity index is 1.34. The number of nitrogens with zero attached hydrogens (tertiary/aromatic N) is 2. The number of ether oxygens (including phenoxy) is 1. The normalized spacial score (nSPS) is 25.4. The molecular weight excluding hydrogens is 311 g/mol. The van der Waals surface area contributed by atoms with Gasteiger partial charge < -0.3 is 4.74 Å². The van der Waals surface area contributed by atoms with E-state index in [-0.39, 0.29) is 11.9 Å². The van der Waals surface area contributed by atoms with Gasteiger partial charge in [-0.05, 0) is 23.6 Å². The summed E-state index contributed by atoms with van der Waals surface area (Å²) in [4.78, 5) is 6.50. The number of thiophene rings is 1. The SMILES string of the molecule is Fc1cccc(O[C@H]2C[C@@H]3CN(Cc4cccs4)CCN3C2)c1. The molecule has 0 saturated carbocycles. The first-order chi connectivity index (χ1) is 11.3. The number of benzene rings is 1. The van der Waals surface area contributed by atoms with E-state index in [0.29, 0.717) is 11.8 Å². The first kappa shape index (κ1) is 15.1. The highest BCUT2D eigenvalue weighted by Gasteiger charge is 2.37. The van der Waals surface area contributed by atoms with Gasteiger partial charge in [-0.1, -0.05) is 12.1 Å². The van der Waals surface area contributed by atoms with E-state index in [4.69, 9.17) is 4.74 Å². The summed E-state index contributed by atoms with van der Waals surface area (Å²) in [6.45, 7) is 5.31. The quantitative estimate of drug-likeness (QED) is 0.855. The Morgan fingerprint density at radius 2 is 2.13 bits per heavy atom. The van der Waals surface area contributed by atoms with Crippen LogP contribution in [0.5, 0.6) is 5.75 Å². The number of halogens is 1. The highest BCUT2D eigenvalue weighted by atomic mass is 32.1. The fourth-order valence-electron chi connectivity index (χ4n) is 3.65. The minimum Gasteiger partial charge on any atom is -0.489 e. The molecule has 2 fully saturated rings. The third-order valence-electron chi connectivity index (χ3n) is 4.72. The van der Waals surface area contributed by atoms with Crippen LogP contribution in [0, 0.1) is 5.82 Å². The molecule has 0 unspecified atom stereocenters. The fraction of sp³-hybridized carbons (Fsp3) is 0.444. The van der Waals surface area contributed by atoms with Crippen molar-refractivity contribution >= 4 is 11.3 Å². The average molecular weight is 332 g/mol. The summed E-state index contributed by atoms with van der Waals surface area (Å²) < 4.78 is 19.3. The summed E-state index contributed by atoms with van der Waals surface area (Å²) >= 11 is 1.83. The van der Waals surface area contributed by atoms with Crippen LogP contribution in [0.25, 0.3) is 0 Å². The molecule has 122 valence electrons. The average Bonchev–Trinajstić information content (AvgIpc) is 3.16. The lowest BCUT2D eigenvalue weighted by molar-refractivity contribution is 0.0985. The predicted molar refractivity (Wildman–Crippen MR) is 90.4 cm³/mol. The molecule has 2 saturated heterocycles. The van der Waals surface area contributed by atoms with Gasteiger partial charge in [-0.15, -0.1) is 11.3 Å². The maximum atomic E-state index is 13.3. The highest BCUT2D eigenvalue weighted by Crippen LogP contribution is 2.27. The first-order valence-electron chi connectivity index (χ1n) is 8.17. The van der Waals surface area contributed by atoms with Crippen LogP contribution in [0.4, 0.5) is 4.39 Å².